The van der Waals surface area contributed by atoms with E-state index in [0.29, 0.717) is 52.2 Å². The van der Waals surface area contributed by atoms with E-state index in [0.717, 1.165) is 31.7 Å². The van der Waals surface area contributed by atoms with Gasteiger partial charge in [0.1, 0.15) is 6.04 Å². The number of nitrogens with zero attached hydrogens (tertiary/aromatic N) is 4. The van der Waals surface area contributed by atoms with Gasteiger partial charge >= 0.3 is 0 Å². The Morgan fingerprint density at radius 3 is 2.40 bits per heavy atom. The van der Waals surface area contributed by atoms with Gasteiger partial charge in [-0.25, -0.2) is 0 Å². The second-order valence-corrected chi connectivity index (χ2v) is 13.9. The molecule has 1 aromatic carbocycles. The normalized spacial score (nSPS) is 33.0. The summed E-state index contributed by atoms with van der Waals surface area (Å²) in [5.74, 6) is -1.44. The third-order valence-electron chi connectivity index (χ3n) is 9.56. The van der Waals surface area contributed by atoms with Crippen molar-refractivity contribution < 1.29 is 24.2 Å². The molecule has 0 saturated carbocycles. The number of benzene rings is 1. The fourth-order valence-corrected chi connectivity index (χ4v) is 9.66. The molecule has 6 rings (SSSR count). The number of morpholine rings is 1. The summed E-state index contributed by atoms with van der Waals surface area (Å²) < 4.78 is 4.03. The van der Waals surface area contributed by atoms with Gasteiger partial charge in [-0.15, -0.1) is 11.8 Å². The summed E-state index contributed by atoms with van der Waals surface area (Å²) >= 11 is 1.63. The first-order chi connectivity index (χ1) is 20.4. The van der Waals surface area contributed by atoms with Gasteiger partial charge in [0.05, 0.1) is 29.8 Å². The molecule has 5 heterocycles. The molecule has 1 N–H and O–H groups in total. The van der Waals surface area contributed by atoms with Crippen molar-refractivity contribution in [3.63, 3.8) is 0 Å². The molecule has 9 nitrogen and oxygen atoms in total. The maximum absolute atomic E-state index is 14.5. The van der Waals surface area contributed by atoms with Crippen LogP contribution in [-0.4, -0.2) is 119 Å². The van der Waals surface area contributed by atoms with E-state index in [1.54, 1.807) is 21.6 Å². The quantitative estimate of drug-likeness (QED) is 0.346. The van der Waals surface area contributed by atoms with Crippen LogP contribution in [0.1, 0.15) is 26.2 Å². The maximum Gasteiger partial charge on any atom is 0.247 e. The highest BCUT2D eigenvalue weighted by atomic mass is 32.2. The first-order valence-corrected chi connectivity index (χ1v) is 16.1. The number of aliphatic hydroxyl groups excluding tert-OH is 1. The van der Waals surface area contributed by atoms with Crippen LogP contribution >= 0.6 is 11.8 Å². The number of carbonyl (C=O) groups is 3. The Morgan fingerprint density at radius 2 is 1.64 bits per heavy atom. The van der Waals surface area contributed by atoms with Crippen LogP contribution < -0.4 is 4.90 Å². The zero-order valence-electron chi connectivity index (χ0n) is 24.4. The Bertz CT molecular complexity index is 1240. The van der Waals surface area contributed by atoms with Gasteiger partial charge in [-0.3, -0.25) is 19.3 Å². The minimum absolute atomic E-state index is 0.0322. The zero-order chi connectivity index (χ0) is 29.3. The minimum atomic E-state index is -0.835. The fourth-order valence-electron chi connectivity index (χ4n) is 7.51. The molecule has 42 heavy (non-hydrogen) atoms. The van der Waals surface area contributed by atoms with Gasteiger partial charge in [-0.05, 0) is 38.3 Å². The van der Waals surface area contributed by atoms with Crippen molar-refractivity contribution in [2.24, 2.45) is 11.8 Å². The number of likely N-dealkylation sites (tertiary alicyclic amines) is 1. The van der Waals surface area contributed by atoms with Crippen LogP contribution in [0.3, 0.4) is 0 Å². The number of anilines is 1. The van der Waals surface area contributed by atoms with Crippen molar-refractivity contribution in [1.29, 1.82) is 0 Å². The number of para-hydroxylation sites is 1. The molecule has 3 fully saturated rings. The molecule has 5 atom stereocenters. The van der Waals surface area contributed by atoms with E-state index in [2.05, 4.69) is 30.1 Å². The van der Waals surface area contributed by atoms with Gasteiger partial charge in [0.2, 0.25) is 17.7 Å². The molecule has 3 amide bonds. The van der Waals surface area contributed by atoms with Gasteiger partial charge in [0, 0.05) is 62.9 Å². The van der Waals surface area contributed by atoms with Crippen LogP contribution in [0.4, 0.5) is 5.69 Å². The van der Waals surface area contributed by atoms with E-state index in [1.807, 2.05) is 41.3 Å². The molecule has 5 aliphatic rings. The number of aliphatic hydroxyl groups is 1. The SMILES string of the molecule is C[C@]12C=CCN(c3ccccc3)C(=O)[C@H]1[C@H]1C(=O)N(CCCCCO)C3C(=O)N(CCN4CCOCC4)CC=C[C@@]31S2. The molecule has 226 valence electrons. The van der Waals surface area contributed by atoms with Gasteiger partial charge in [-0.1, -0.05) is 42.5 Å². The van der Waals surface area contributed by atoms with E-state index in [4.69, 9.17) is 4.74 Å². The molecule has 0 bridgehead atoms. The third-order valence-corrected chi connectivity index (χ3v) is 11.4. The predicted molar refractivity (Wildman–Crippen MR) is 163 cm³/mol. The predicted octanol–water partition coefficient (Wildman–Crippen LogP) is 2.17. The van der Waals surface area contributed by atoms with Crippen LogP contribution in [0.2, 0.25) is 0 Å². The Kier molecular flexibility index (Phi) is 8.51. The molecule has 10 heteroatoms. The van der Waals surface area contributed by atoms with Gasteiger partial charge < -0.3 is 24.5 Å². The van der Waals surface area contributed by atoms with Crippen LogP contribution in [0.25, 0.3) is 0 Å². The summed E-state index contributed by atoms with van der Waals surface area (Å²) in [6.45, 7) is 8.00. The van der Waals surface area contributed by atoms with Crippen molar-refractivity contribution in [2.75, 3.05) is 70.5 Å². The summed E-state index contributed by atoms with van der Waals surface area (Å²) in [4.78, 5) is 51.3. The summed E-state index contributed by atoms with van der Waals surface area (Å²) in [6.07, 6.45) is 10.4. The van der Waals surface area contributed by atoms with E-state index in [9.17, 15) is 19.5 Å². The van der Waals surface area contributed by atoms with Crippen molar-refractivity contribution in [1.82, 2.24) is 14.7 Å². The summed E-state index contributed by atoms with van der Waals surface area (Å²) in [5.41, 5.74) is 0.812. The standard InChI is InChI=1S/C32H42N4O5S/c1-31-12-8-16-35(24-10-4-2-5-11-24)28(38)25(31)26-29(39)36(15-6-3-7-21-37)27-30(40)34(14-9-13-32(26,27)42-31)18-17-33-19-22-41-23-20-33/h2,4-5,8-13,25-27,37H,3,6-7,14-23H2,1H3/t25-,26+,27?,31+,32+/m1/s1. The van der Waals surface area contributed by atoms with Crippen molar-refractivity contribution in [2.45, 2.75) is 41.7 Å². The highest BCUT2D eigenvalue weighted by Gasteiger charge is 2.73. The lowest BCUT2D eigenvalue weighted by molar-refractivity contribution is -0.143. The maximum atomic E-state index is 14.5. The molecule has 0 radical (unpaired) electrons. The zero-order valence-corrected chi connectivity index (χ0v) is 25.2. The van der Waals surface area contributed by atoms with Crippen molar-refractivity contribution >= 4 is 35.2 Å². The van der Waals surface area contributed by atoms with Crippen molar-refractivity contribution in [3.8, 4) is 0 Å². The first-order valence-electron chi connectivity index (χ1n) is 15.3. The number of ether oxygens (including phenoxy) is 1. The Hall–Kier alpha value is -2.66. The topological polar surface area (TPSA) is 93.6 Å². The van der Waals surface area contributed by atoms with E-state index in [1.165, 1.54) is 0 Å². The number of thioether (sulfide) groups is 1. The largest absolute Gasteiger partial charge is 0.396 e. The number of carbonyl (C=O) groups excluding carboxylic acids is 3. The summed E-state index contributed by atoms with van der Waals surface area (Å²) in [5, 5.41) is 9.33. The lowest BCUT2D eigenvalue weighted by Crippen LogP contribution is -2.54. The first kappa shape index (κ1) is 29.4. The smallest absolute Gasteiger partial charge is 0.247 e. The second kappa shape index (κ2) is 12.1. The number of amides is 3. The van der Waals surface area contributed by atoms with Crippen molar-refractivity contribution in [3.05, 3.63) is 54.6 Å². The van der Waals surface area contributed by atoms with Crippen LogP contribution in [-0.2, 0) is 19.1 Å². The van der Waals surface area contributed by atoms with Gasteiger partial charge in [-0.2, -0.15) is 0 Å². The highest BCUT2D eigenvalue weighted by Crippen LogP contribution is 2.65. The average Bonchev–Trinajstić information content (AvgIpc) is 3.26. The minimum Gasteiger partial charge on any atom is -0.396 e. The number of fused-ring (bicyclic) bond motifs is 2. The fraction of sp³-hybridized carbons (Fsp3) is 0.594. The molecular formula is C32H42N4O5S. The molecule has 1 aromatic rings. The third kappa shape index (κ3) is 5.10. The molecule has 3 saturated heterocycles. The van der Waals surface area contributed by atoms with Gasteiger partial charge in [0.15, 0.2) is 0 Å². The second-order valence-electron chi connectivity index (χ2n) is 12.1. The summed E-state index contributed by atoms with van der Waals surface area (Å²) in [7, 11) is 0. The number of hydrogen-bond acceptors (Lipinski definition) is 7. The Morgan fingerprint density at radius 1 is 0.881 bits per heavy atom. The molecule has 1 spiro atoms. The Labute approximate surface area is 252 Å². The van der Waals surface area contributed by atoms with Gasteiger partial charge in [0.25, 0.3) is 0 Å². The summed E-state index contributed by atoms with van der Waals surface area (Å²) in [6, 6.07) is 8.96. The highest BCUT2D eigenvalue weighted by molar-refractivity contribution is 8.02. The average molecular weight is 595 g/mol. The van der Waals surface area contributed by atoms with E-state index < -0.39 is 27.4 Å². The molecule has 0 aliphatic carbocycles. The van der Waals surface area contributed by atoms with E-state index >= 15 is 0 Å². The van der Waals surface area contributed by atoms with E-state index in [-0.39, 0.29) is 24.3 Å². The number of rotatable bonds is 9. The van der Waals surface area contributed by atoms with Crippen LogP contribution in [0.5, 0.6) is 0 Å². The monoisotopic (exact) mass is 594 g/mol. The number of hydrogen-bond donors (Lipinski definition) is 1. The Balaban J connectivity index is 1.35. The van der Waals surface area contributed by atoms with Crippen LogP contribution in [0.15, 0.2) is 54.6 Å². The lowest BCUT2D eigenvalue weighted by Gasteiger charge is -2.37. The molecular weight excluding hydrogens is 552 g/mol. The molecule has 0 aromatic heterocycles. The number of unbranched alkanes of at least 4 members (excludes halogenated alkanes) is 2. The molecule has 1 unspecified atom stereocenters. The molecule has 5 aliphatic heterocycles. The lowest BCUT2D eigenvalue weighted by atomic mass is 9.74. The van der Waals surface area contributed by atoms with Crippen LogP contribution in [0, 0.1) is 11.8 Å².